The molecule has 5 heteroatoms. The van der Waals surface area contributed by atoms with Crippen LogP contribution in [0.3, 0.4) is 0 Å². The Morgan fingerprint density at radius 2 is 2.11 bits per heavy atom. The van der Waals surface area contributed by atoms with E-state index in [1.165, 1.54) is 5.56 Å². The van der Waals surface area contributed by atoms with Crippen molar-refractivity contribution in [1.29, 1.82) is 0 Å². The lowest BCUT2D eigenvalue weighted by atomic mass is 10.2. The van der Waals surface area contributed by atoms with Gasteiger partial charge < -0.3 is 0 Å². The van der Waals surface area contributed by atoms with Gasteiger partial charge in [0.25, 0.3) is 0 Å². The molecule has 0 saturated carbocycles. The molecule has 2 heterocycles. The summed E-state index contributed by atoms with van der Waals surface area (Å²) in [5, 5.41) is 10.3. The van der Waals surface area contributed by atoms with E-state index < -0.39 is 0 Å². The highest BCUT2D eigenvalue weighted by Crippen LogP contribution is 2.27. The van der Waals surface area contributed by atoms with Crippen LogP contribution >= 0.6 is 0 Å². The molecule has 90 valence electrons. The summed E-state index contributed by atoms with van der Waals surface area (Å²) in [5.74, 6) is 0.465. The van der Waals surface area contributed by atoms with Gasteiger partial charge in [-0.05, 0) is 30.2 Å². The second kappa shape index (κ2) is 4.44. The van der Waals surface area contributed by atoms with Crippen LogP contribution in [0.5, 0.6) is 0 Å². The molecular formula is C13H12N4O. The molecule has 0 saturated heterocycles. The Morgan fingerprint density at radius 1 is 1.22 bits per heavy atom. The Labute approximate surface area is 104 Å². The fourth-order valence-corrected chi connectivity index (χ4v) is 2.09. The Kier molecular flexibility index (Phi) is 2.64. The minimum absolute atomic E-state index is 0.166. The first-order valence-electron chi connectivity index (χ1n) is 5.79. The van der Waals surface area contributed by atoms with E-state index in [-0.39, 0.29) is 6.03 Å². The number of nitrogens with one attached hydrogen (secondary N) is 1. The number of urea groups is 1. The molecule has 0 spiro atoms. The Hall–Kier alpha value is -2.43. The third-order valence-corrected chi connectivity index (χ3v) is 2.94. The molecule has 1 aromatic heterocycles. The zero-order valence-electron chi connectivity index (χ0n) is 9.71. The normalized spacial score (nSPS) is 13.2. The number of hydrogen-bond donors (Lipinski definition) is 1. The van der Waals surface area contributed by atoms with Gasteiger partial charge in [0.15, 0.2) is 5.82 Å². The third kappa shape index (κ3) is 1.90. The SMILES string of the molecule is O=C(Nc1cccnn1)N1CCc2ccccc21. The third-order valence-electron chi connectivity index (χ3n) is 2.94. The topological polar surface area (TPSA) is 58.1 Å². The standard InChI is InChI=1S/C13H12N4O/c18-13(15-12-6-3-8-14-16-12)17-9-7-10-4-1-2-5-11(10)17/h1-6,8H,7,9H2,(H,15,16,18). The highest BCUT2D eigenvalue weighted by molar-refractivity contribution is 6.02. The van der Waals surface area contributed by atoms with Gasteiger partial charge >= 0.3 is 6.03 Å². The number of carbonyl (C=O) groups excluding carboxylic acids is 1. The van der Waals surface area contributed by atoms with Gasteiger partial charge in [0.05, 0.1) is 0 Å². The monoisotopic (exact) mass is 240 g/mol. The number of carbonyl (C=O) groups is 1. The molecule has 18 heavy (non-hydrogen) atoms. The van der Waals surface area contributed by atoms with Crippen LogP contribution in [-0.4, -0.2) is 22.8 Å². The molecule has 5 nitrogen and oxygen atoms in total. The van der Waals surface area contributed by atoms with Crippen LogP contribution in [0.2, 0.25) is 0 Å². The molecule has 3 rings (SSSR count). The van der Waals surface area contributed by atoms with E-state index in [0.717, 1.165) is 12.1 Å². The van der Waals surface area contributed by atoms with Crippen LogP contribution in [0.15, 0.2) is 42.6 Å². The summed E-state index contributed by atoms with van der Waals surface area (Å²) in [7, 11) is 0. The van der Waals surface area contributed by atoms with E-state index >= 15 is 0 Å². The van der Waals surface area contributed by atoms with Gasteiger partial charge in [-0.3, -0.25) is 10.2 Å². The van der Waals surface area contributed by atoms with E-state index in [1.807, 2.05) is 24.3 Å². The van der Waals surface area contributed by atoms with Crippen molar-refractivity contribution in [3.63, 3.8) is 0 Å². The number of para-hydroxylation sites is 1. The molecule has 0 fully saturated rings. The van der Waals surface area contributed by atoms with Crippen LogP contribution < -0.4 is 10.2 Å². The zero-order chi connectivity index (χ0) is 12.4. The van der Waals surface area contributed by atoms with E-state index in [9.17, 15) is 4.79 Å². The molecular weight excluding hydrogens is 228 g/mol. The highest BCUT2D eigenvalue weighted by Gasteiger charge is 2.24. The second-order valence-electron chi connectivity index (χ2n) is 4.07. The number of anilines is 2. The van der Waals surface area contributed by atoms with Gasteiger partial charge in [0.1, 0.15) is 0 Å². The minimum Gasteiger partial charge on any atom is -0.294 e. The summed E-state index contributed by atoms with van der Waals surface area (Å²) in [4.78, 5) is 13.9. The fourth-order valence-electron chi connectivity index (χ4n) is 2.09. The summed E-state index contributed by atoms with van der Waals surface area (Å²) >= 11 is 0. The van der Waals surface area contributed by atoms with Crippen molar-refractivity contribution in [2.24, 2.45) is 0 Å². The Morgan fingerprint density at radius 3 is 2.94 bits per heavy atom. The van der Waals surface area contributed by atoms with E-state index in [4.69, 9.17) is 0 Å². The van der Waals surface area contributed by atoms with Crippen molar-refractivity contribution >= 4 is 17.5 Å². The smallest absolute Gasteiger partial charge is 0.294 e. The van der Waals surface area contributed by atoms with Crippen molar-refractivity contribution in [3.8, 4) is 0 Å². The number of fused-ring (bicyclic) bond motifs is 1. The van der Waals surface area contributed by atoms with Crippen molar-refractivity contribution in [2.45, 2.75) is 6.42 Å². The predicted molar refractivity (Wildman–Crippen MR) is 68.5 cm³/mol. The maximum atomic E-state index is 12.1. The van der Waals surface area contributed by atoms with E-state index in [2.05, 4.69) is 15.5 Å². The molecule has 2 amide bonds. The number of nitrogens with zero attached hydrogens (tertiary/aromatic N) is 3. The van der Waals surface area contributed by atoms with Gasteiger partial charge in [-0.1, -0.05) is 18.2 Å². The average molecular weight is 240 g/mol. The lowest BCUT2D eigenvalue weighted by Gasteiger charge is -2.17. The van der Waals surface area contributed by atoms with Crippen molar-refractivity contribution in [3.05, 3.63) is 48.2 Å². The minimum atomic E-state index is -0.166. The molecule has 0 radical (unpaired) electrons. The van der Waals surface area contributed by atoms with Gasteiger partial charge in [-0.15, -0.1) is 5.10 Å². The molecule has 2 aromatic rings. The lowest BCUT2D eigenvalue weighted by molar-refractivity contribution is 0.257. The summed E-state index contributed by atoms with van der Waals surface area (Å²) in [6.45, 7) is 0.700. The van der Waals surface area contributed by atoms with Gasteiger partial charge in [-0.2, -0.15) is 5.10 Å². The summed E-state index contributed by atoms with van der Waals surface area (Å²) < 4.78 is 0. The maximum Gasteiger partial charge on any atom is 0.327 e. The zero-order valence-corrected chi connectivity index (χ0v) is 9.71. The first-order chi connectivity index (χ1) is 8.84. The maximum absolute atomic E-state index is 12.1. The predicted octanol–water partition coefficient (Wildman–Crippen LogP) is 2.07. The fraction of sp³-hybridized carbons (Fsp3) is 0.154. The van der Waals surface area contributed by atoms with Crippen LogP contribution in [-0.2, 0) is 6.42 Å². The molecule has 1 aliphatic heterocycles. The first-order valence-corrected chi connectivity index (χ1v) is 5.79. The largest absolute Gasteiger partial charge is 0.327 e. The number of benzene rings is 1. The van der Waals surface area contributed by atoms with Crippen molar-refractivity contribution < 1.29 is 4.79 Å². The molecule has 0 atom stereocenters. The van der Waals surface area contributed by atoms with Crippen LogP contribution in [0.25, 0.3) is 0 Å². The molecule has 1 N–H and O–H groups in total. The number of rotatable bonds is 1. The van der Waals surface area contributed by atoms with Crippen LogP contribution in [0.1, 0.15) is 5.56 Å². The van der Waals surface area contributed by atoms with Crippen molar-refractivity contribution in [2.75, 3.05) is 16.8 Å². The molecule has 0 aliphatic carbocycles. The summed E-state index contributed by atoms with van der Waals surface area (Å²) in [6.07, 6.45) is 2.46. The molecule has 1 aromatic carbocycles. The van der Waals surface area contributed by atoms with E-state index in [0.29, 0.717) is 12.4 Å². The number of hydrogen-bond acceptors (Lipinski definition) is 3. The van der Waals surface area contributed by atoms with Gasteiger partial charge in [0.2, 0.25) is 0 Å². The second-order valence-corrected chi connectivity index (χ2v) is 4.07. The average Bonchev–Trinajstić information content (AvgIpc) is 2.84. The lowest BCUT2D eigenvalue weighted by Crippen LogP contribution is -2.33. The number of amides is 2. The van der Waals surface area contributed by atoms with Crippen LogP contribution in [0, 0.1) is 0 Å². The molecule has 0 bridgehead atoms. The summed E-state index contributed by atoms with van der Waals surface area (Å²) in [6, 6.07) is 11.2. The Bertz CT molecular complexity index is 570. The molecule has 1 aliphatic rings. The number of aromatic nitrogens is 2. The quantitative estimate of drug-likeness (QED) is 0.830. The van der Waals surface area contributed by atoms with Crippen molar-refractivity contribution in [1.82, 2.24) is 10.2 Å². The highest BCUT2D eigenvalue weighted by atomic mass is 16.2. The van der Waals surface area contributed by atoms with Gasteiger partial charge in [0, 0.05) is 18.4 Å². The first kappa shape index (κ1) is 10.7. The van der Waals surface area contributed by atoms with E-state index in [1.54, 1.807) is 23.2 Å². The molecule has 0 unspecified atom stereocenters. The van der Waals surface area contributed by atoms with Gasteiger partial charge in [-0.25, -0.2) is 4.79 Å². The van der Waals surface area contributed by atoms with Crippen LogP contribution in [0.4, 0.5) is 16.3 Å². The Balaban J connectivity index is 1.79. The summed E-state index contributed by atoms with van der Waals surface area (Å²) in [5.41, 5.74) is 2.17.